The quantitative estimate of drug-likeness (QED) is 0.912. The van der Waals surface area contributed by atoms with Crippen LogP contribution in [0.4, 0.5) is 0 Å². The van der Waals surface area contributed by atoms with Crippen molar-refractivity contribution in [2.24, 2.45) is 5.92 Å². The lowest BCUT2D eigenvalue weighted by Gasteiger charge is -2.34. The molecule has 1 aliphatic heterocycles. The van der Waals surface area contributed by atoms with Gasteiger partial charge in [0.2, 0.25) is 0 Å². The zero-order valence-electron chi connectivity index (χ0n) is 9.77. The van der Waals surface area contributed by atoms with Crippen LogP contribution >= 0.6 is 15.9 Å². The van der Waals surface area contributed by atoms with E-state index in [1.165, 1.54) is 0 Å². The number of aliphatic carboxylic acids is 1. The number of likely N-dealkylation sites (tertiary alicyclic amines) is 1. The maximum Gasteiger partial charge on any atom is 0.308 e. The van der Waals surface area contributed by atoms with Gasteiger partial charge in [-0.2, -0.15) is 0 Å². The number of halogens is 1. The van der Waals surface area contributed by atoms with Gasteiger partial charge < -0.3 is 10.0 Å². The van der Waals surface area contributed by atoms with Crippen LogP contribution < -0.4 is 0 Å². The van der Waals surface area contributed by atoms with Gasteiger partial charge in [-0.05, 0) is 43.6 Å². The van der Waals surface area contributed by atoms with E-state index in [9.17, 15) is 9.90 Å². The van der Waals surface area contributed by atoms with Crippen molar-refractivity contribution in [3.05, 3.63) is 34.3 Å². The average Bonchev–Trinajstić information content (AvgIpc) is 2.30. The minimum absolute atomic E-state index is 0.136. The first-order valence-electron chi connectivity index (χ1n) is 5.74. The van der Waals surface area contributed by atoms with Crippen LogP contribution in [0, 0.1) is 5.92 Å². The second-order valence-electron chi connectivity index (χ2n) is 4.65. The summed E-state index contributed by atoms with van der Waals surface area (Å²) in [5.41, 5.74) is 1.13. The Bertz CT molecular complexity index is 404. The monoisotopic (exact) mass is 297 g/mol. The van der Waals surface area contributed by atoms with Crippen LogP contribution in [0.1, 0.15) is 17.9 Å². The molecule has 0 radical (unpaired) electrons. The SMILES string of the molecule is CN1CC[C@H](c2ccc(Br)cc2)[C@H](C(=O)O)C1. The summed E-state index contributed by atoms with van der Waals surface area (Å²) in [6.07, 6.45) is 0.912. The van der Waals surface area contributed by atoms with E-state index in [1.807, 2.05) is 31.3 Å². The lowest BCUT2D eigenvalue weighted by atomic mass is 9.80. The maximum absolute atomic E-state index is 11.3. The van der Waals surface area contributed by atoms with E-state index in [-0.39, 0.29) is 11.8 Å². The van der Waals surface area contributed by atoms with Crippen molar-refractivity contribution in [3.63, 3.8) is 0 Å². The van der Waals surface area contributed by atoms with Gasteiger partial charge in [-0.3, -0.25) is 4.79 Å². The molecule has 1 aromatic carbocycles. The molecule has 0 bridgehead atoms. The number of carboxylic acid groups (broad SMARTS) is 1. The highest BCUT2D eigenvalue weighted by molar-refractivity contribution is 9.10. The number of nitrogens with zero attached hydrogens (tertiary/aromatic N) is 1. The van der Waals surface area contributed by atoms with E-state index in [1.54, 1.807) is 0 Å². The highest BCUT2D eigenvalue weighted by atomic mass is 79.9. The fourth-order valence-electron chi connectivity index (χ4n) is 2.47. The van der Waals surface area contributed by atoms with Crippen molar-refractivity contribution in [2.45, 2.75) is 12.3 Å². The van der Waals surface area contributed by atoms with E-state index in [4.69, 9.17) is 0 Å². The molecular formula is C13H16BrNO2. The molecule has 2 rings (SSSR count). The molecule has 17 heavy (non-hydrogen) atoms. The molecule has 0 saturated carbocycles. The van der Waals surface area contributed by atoms with Crippen molar-refractivity contribution in [2.75, 3.05) is 20.1 Å². The third-order valence-electron chi connectivity index (χ3n) is 3.43. The Balaban J connectivity index is 2.23. The number of hydrogen-bond donors (Lipinski definition) is 1. The van der Waals surface area contributed by atoms with Gasteiger partial charge in [0.05, 0.1) is 5.92 Å². The summed E-state index contributed by atoms with van der Waals surface area (Å²) in [6.45, 7) is 1.60. The van der Waals surface area contributed by atoms with Crippen molar-refractivity contribution in [3.8, 4) is 0 Å². The summed E-state index contributed by atoms with van der Waals surface area (Å²) in [5.74, 6) is -0.851. The summed E-state index contributed by atoms with van der Waals surface area (Å²) in [6, 6.07) is 8.01. The second-order valence-corrected chi connectivity index (χ2v) is 5.57. The van der Waals surface area contributed by atoms with Crippen LogP contribution in [0.2, 0.25) is 0 Å². The predicted octanol–water partition coefficient (Wildman–Crippen LogP) is 2.57. The lowest BCUT2D eigenvalue weighted by Crippen LogP contribution is -2.40. The first kappa shape index (κ1) is 12.6. The normalized spacial score (nSPS) is 25.8. The number of benzene rings is 1. The summed E-state index contributed by atoms with van der Waals surface area (Å²) in [5, 5.41) is 9.31. The highest BCUT2D eigenvalue weighted by Crippen LogP contribution is 2.33. The third-order valence-corrected chi connectivity index (χ3v) is 3.96. The Morgan fingerprint density at radius 2 is 2.06 bits per heavy atom. The molecule has 0 amide bonds. The molecule has 1 fully saturated rings. The fourth-order valence-corrected chi connectivity index (χ4v) is 2.74. The summed E-state index contributed by atoms with van der Waals surface area (Å²) in [7, 11) is 1.98. The Hall–Kier alpha value is -0.870. The van der Waals surface area contributed by atoms with Crippen molar-refractivity contribution < 1.29 is 9.90 Å². The van der Waals surface area contributed by atoms with E-state index < -0.39 is 5.97 Å². The number of piperidine rings is 1. The van der Waals surface area contributed by atoms with E-state index in [0.717, 1.165) is 23.0 Å². The van der Waals surface area contributed by atoms with Crippen LogP contribution in [0.15, 0.2) is 28.7 Å². The van der Waals surface area contributed by atoms with Crippen LogP contribution in [0.25, 0.3) is 0 Å². The molecule has 0 unspecified atom stereocenters. The Morgan fingerprint density at radius 1 is 1.41 bits per heavy atom. The molecule has 1 heterocycles. The lowest BCUT2D eigenvalue weighted by molar-refractivity contribution is -0.144. The van der Waals surface area contributed by atoms with Gasteiger partial charge in [0.25, 0.3) is 0 Å². The Morgan fingerprint density at radius 3 is 2.65 bits per heavy atom. The zero-order chi connectivity index (χ0) is 12.4. The molecule has 0 aromatic heterocycles. The van der Waals surface area contributed by atoms with Gasteiger partial charge in [-0.15, -0.1) is 0 Å². The zero-order valence-corrected chi connectivity index (χ0v) is 11.4. The van der Waals surface area contributed by atoms with Crippen LogP contribution in [0.3, 0.4) is 0 Å². The summed E-state index contributed by atoms with van der Waals surface area (Å²) in [4.78, 5) is 13.4. The molecule has 2 atom stereocenters. The summed E-state index contributed by atoms with van der Waals surface area (Å²) < 4.78 is 1.03. The van der Waals surface area contributed by atoms with E-state index in [2.05, 4.69) is 20.8 Å². The largest absolute Gasteiger partial charge is 0.481 e. The molecule has 3 nitrogen and oxygen atoms in total. The van der Waals surface area contributed by atoms with Crippen molar-refractivity contribution in [1.82, 2.24) is 4.90 Å². The second kappa shape index (κ2) is 5.19. The van der Waals surface area contributed by atoms with Crippen molar-refractivity contribution in [1.29, 1.82) is 0 Å². The molecule has 1 aliphatic rings. The Labute approximate surface area is 110 Å². The fraction of sp³-hybridized carbons (Fsp3) is 0.462. The minimum Gasteiger partial charge on any atom is -0.481 e. The van der Waals surface area contributed by atoms with Gasteiger partial charge >= 0.3 is 5.97 Å². The minimum atomic E-state index is -0.690. The highest BCUT2D eigenvalue weighted by Gasteiger charge is 2.33. The first-order chi connectivity index (χ1) is 8.08. The van der Waals surface area contributed by atoms with Gasteiger partial charge in [0, 0.05) is 11.0 Å². The first-order valence-corrected chi connectivity index (χ1v) is 6.54. The molecule has 0 aliphatic carbocycles. The number of carbonyl (C=O) groups is 1. The topological polar surface area (TPSA) is 40.5 Å². The van der Waals surface area contributed by atoms with Crippen molar-refractivity contribution >= 4 is 21.9 Å². The number of hydrogen-bond acceptors (Lipinski definition) is 2. The van der Waals surface area contributed by atoms with Gasteiger partial charge in [-0.1, -0.05) is 28.1 Å². The van der Waals surface area contributed by atoms with Crippen LogP contribution in [0.5, 0.6) is 0 Å². The summed E-state index contributed by atoms with van der Waals surface area (Å²) >= 11 is 3.40. The molecule has 1 aromatic rings. The van der Waals surface area contributed by atoms with Gasteiger partial charge in [0.1, 0.15) is 0 Å². The van der Waals surface area contributed by atoms with E-state index in [0.29, 0.717) is 6.54 Å². The van der Waals surface area contributed by atoms with Crippen LogP contribution in [-0.2, 0) is 4.79 Å². The number of carboxylic acids is 1. The standard InChI is InChI=1S/C13H16BrNO2/c1-15-7-6-11(12(8-15)13(16)17)9-2-4-10(14)5-3-9/h2-5,11-12H,6-8H2,1H3,(H,16,17)/t11-,12-/m1/s1. The molecule has 1 N–H and O–H groups in total. The molecular weight excluding hydrogens is 282 g/mol. The van der Waals surface area contributed by atoms with E-state index >= 15 is 0 Å². The molecule has 92 valence electrons. The number of rotatable bonds is 2. The average molecular weight is 298 g/mol. The molecule has 1 saturated heterocycles. The Kier molecular flexibility index (Phi) is 3.84. The maximum atomic E-state index is 11.3. The molecule has 0 spiro atoms. The third kappa shape index (κ3) is 2.87. The predicted molar refractivity (Wildman–Crippen MR) is 70.1 cm³/mol. The van der Waals surface area contributed by atoms with Gasteiger partial charge in [0.15, 0.2) is 0 Å². The van der Waals surface area contributed by atoms with Crippen LogP contribution in [-0.4, -0.2) is 36.1 Å². The van der Waals surface area contributed by atoms with Gasteiger partial charge in [-0.25, -0.2) is 0 Å². The smallest absolute Gasteiger partial charge is 0.308 e. The molecule has 4 heteroatoms.